The number of carbonyl (C=O) groups excluding carboxylic acids is 1. The van der Waals surface area contributed by atoms with E-state index in [0.717, 1.165) is 12.1 Å². The monoisotopic (exact) mass is 484 g/mol. The largest absolute Gasteiger partial charge is 0.332 e. The van der Waals surface area contributed by atoms with Crippen LogP contribution in [0.15, 0.2) is 47.3 Å². The Morgan fingerprint density at radius 3 is 2.61 bits per heavy atom. The van der Waals surface area contributed by atoms with Crippen molar-refractivity contribution in [1.82, 2.24) is 14.8 Å². The zero-order chi connectivity index (χ0) is 22.3. The number of amides is 1. The van der Waals surface area contributed by atoms with E-state index >= 15 is 0 Å². The molecule has 2 aromatic rings. The lowest BCUT2D eigenvalue weighted by Crippen LogP contribution is -2.60. The number of non-ortho nitro benzene ring substituents is 1. The van der Waals surface area contributed by atoms with Gasteiger partial charge in [0.25, 0.3) is 17.2 Å². The van der Waals surface area contributed by atoms with Crippen LogP contribution in [-0.2, 0) is 6.54 Å². The van der Waals surface area contributed by atoms with Crippen LogP contribution in [0.25, 0.3) is 0 Å². The molecular formula is C20H19Cl3N4O4. The smallest absolute Gasteiger partial charge is 0.270 e. The van der Waals surface area contributed by atoms with Crippen molar-refractivity contribution in [2.45, 2.75) is 28.8 Å². The molecule has 8 nitrogen and oxygen atoms in total. The van der Waals surface area contributed by atoms with Crippen molar-refractivity contribution in [2.75, 3.05) is 13.1 Å². The van der Waals surface area contributed by atoms with Crippen LogP contribution in [0.1, 0.15) is 28.4 Å². The van der Waals surface area contributed by atoms with E-state index in [2.05, 4.69) is 5.32 Å². The molecule has 1 amide bonds. The maximum absolute atomic E-state index is 12.8. The minimum atomic E-state index is -1.83. The fraction of sp³-hybridized carbons (Fsp3) is 0.400. The minimum absolute atomic E-state index is 0.0300. The topological polar surface area (TPSA) is 97.5 Å². The number of nitro groups is 1. The van der Waals surface area contributed by atoms with Gasteiger partial charge < -0.3 is 9.88 Å². The standard InChI is InChI=1S/C20H19Cl3N4O4/c21-20(22,23)19(24-18(29)13-3-1-4-15(8-13)27(30)31)25-9-12-7-14(11-25)16-5-2-6-17(28)26(16)10-12/h1-6,8,12,14,19H,7,9-11H2,(H,24,29)/t12-,14-,19?/m1/s1. The molecule has 3 heterocycles. The van der Waals surface area contributed by atoms with Crippen molar-refractivity contribution in [3.63, 3.8) is 0 Å². The van der Waals surface area contributed by atoms with Crippen molar-refractivity contribution in [3.05, 3.63) is 74.2 Å². The summed E-state index contributed by atoms with van der Waals surface area (Å²) in [5, 5.41) is 13.8. The van der Waals surface area contributed by atoms with Crippen LogP contribution in [0, 0.1) is 16.0 Å². The van der Waals surface area contributed by atoms with Gasteiger partial charge in [-0.25, -0.2) is 0 Å². The number of nitrogens with one attached hydrogen (secondary N) is 1. The van der Waals surface area contributed by atoms with E-state index < -0.39 is 20.8 Å². The quantitative estimate of drug-likeness (QED) is 0.407. The van der Waals surface area contributed by atoms with Gasteiger partial charge in [0.05, 0.1) is 4.92 Å². The molecule has 0 aliphatic carbocycles. The highest BCUT2D eigenvalue weighted by molar-refractivity contribution is 6.68. The number of carbonyl (C=O) groups is 1. The van der Waals surface area contributed by atoms with Gasteiger partial charge in [-0.3, -0.25) is 24.6 Å². The van der Waals surface area contributed by atoms with Crippen molar-refractivity contribution in [1.29, 1.82) is 0 Å². The molecule has 164 valence electrons. The van der Waals surface area contributed by atoms with Gasteiger partial charge in [0.1, 0.15) is 6.17 Å². The third-order valence-corrected chi connectivity index (χ3v) is 6.39. The fourth-order valence-corrected chi connectivity index (χ4v) is 5.07. The lowest BCUT2D eigenvalue weighted by atomic mass is 9.83. The van der Waals surface area contributed by atoms with Crippen LogP contribution in [0.5, 0.6) is 0 Å². The lowest BCUT2D eigenvalue weighted by Gasteiger charge is -2.47. The van der Waals surface area contributed by atoms with Gasteiger partial charge in [-0.15, -0.1) is 0 Å². The molecule has 31 heavy (non-hydrogen) atoms. The molecule has 1 fully saturated rings. The normalized spacial score (nSPS) is 21.8. The van der Waals surface area contributed by atoms with Crippen LogP contribution in [-0.4, -0.2) is 43.3 Å². The molecule has 1 unspecified atom stereocenters. The first kappa shape index (κ1) is 22.1. The van der Waals surface area contributed by atoms with E-state index in [4.69, 9.17) is 34.8 Å². The predicted molar refractivity (Wildman–Crippen MR) is 118 cm³/mol. The van der Waals surface area contributed by atoms with Crippen LogP contribution in [0.3, 0.4) is 0 Å². The number of fused-ring (bicyclic) bond motifs is 4. The summed E-state index contributed by atoms with van der Waals surface area (Å²) in [5.74, 6) is -0.353. The highest BCUT2D eigenvalue weighted by Crippen LogP contribution is 2.40. The van der Waals surface area contributed by atoms with Gasteiger partial charge >= 0.3 is 0 Å². The average Bonchev–Trinajstić information content (AvgIpc) is 2.71. The summed E-state index contributed by atoms with van der Waals surface area (Å²) in [6.07, 6.45) is -0.0396. The third kappa shape index (κ3) is 4.57. The Morgan fingerprint density at radius 2 is 1.90 bits per heavy atom. The molecule has 2 aliphatic heterocycles. The number of benzene rings is 1. The average molecular weight is 486 g/mol. The number of nitro benzene ring substituents is 1. The number of aromatic nitrogens is 1. The number of rotatable bonds is 4. The molecular weight excluding hydrogens is 467 g/mol. The van der Waals surface area contributed by atoms with Crippen molar-refractivity contribution in [3.8, 4) is 0 Å². The Hall–Kier alpha value is -2.13. The second-order valence-electron chi connectivity index (χ2n) is 7.88. The number of likely N-dealkylation sites (tertiary alicyclic amines) is 1. The highest BCUT2D eigenvalue weighted by Gasteiger charge is 2.44. The predicted octanol–water partition coefficient (Wildman–Crippen LogP) is 3.30. The van der Waals surface area contributed by atoms with Gasteiger partial charge in [0.2, 0.25) is 3.79 Å². The molecule has 2 aliphatic rings. The maximum Gasteiger partial charge on any atom is 0.270 e. The minimum Gasteiger partial charge on any atom is -0.332 e. The van der Waals surface area contributed by atoms with E-state index in [-0.39, 0.29) is 28.6 Å². The second-order valence-corrected chi connectivity index (χ2v) is 10.2. The zero-order valence-electron chi connectivity index (χ0n) is 16.2. The molecule has 4 rings (SSSR count). The number of hydrogen-bond donors (Lipinski definition) is 1. The van der Waals surface area contributed by atoms with Crippen LogP contribution < -0.4 is 10.9 Å². The first-order valence-corrected chi connectivity index (χ1v) is 10.8. The molecule has 1 aromatic carbocycles. The van der Waals surface area contributed by atoms with Crippen LogP contribution >= 0.6 is 34.8 Å². The molecule has 1 N–H and O–H groups in total. The summed E-state index contributed by atoms with van der Waals surface area (Å²) in [5.41, 5.74) is 0.800. The number of piperidine rings is 1. The number of hydrogen-bond acceptors (Lipinski definition) is 5. The zero-order valence-corrected chi connectivity index (χ0v) is 18.5. The van der Waals surface area contributed by atoms with Gasteiger partial charge in [0.15, 0.2) is 0 Å². The third-order valence-electron chi connectivity index (χ3n) is 5.77. The molecule has 0 radical (unpaired) electrons. The Kier molecular flexibility index (Phi) is 6.00. The number of halogens is 3. The maximum atomic E-state index is 12.8. The summed E-state index contributed by atoms with van der Waals surface area (Å²) in [6, 6.07) is 10.6. The van der Waals surface area contributed by atoms with Crippen molar-refractivity contribution < 1.29 is 9.72 Å². The fourth-order valence-electron chi connectivity index (χ4n) is 4.49. The molecule has 2 bridgehead atoms. The van der Waals surface area contributed by atoms with E-state index in [1.54, 1.807) is 16.7 Å². The van der Waals surface area contributed by atoms with Gasteiger partial charge in [-0.2, -0.15) is 0 Å². The summed E-state index contributed by atoms with van der Waals surface area (Å²) in [6.45, 7) is 1.59. The highest BCUT2D eigenvalue weighted by atomic mass is 35.6. The van der Waals surface area contributed by atoms with Gasteiger partial charge in [-0.05, 0) is 24.5 Å². The first-order valence-electron chi connectivity index (χ1n) is 9.69. The van der Waals surface area contributed by atoms with E-state index in [1.165, 1.54) is 24.3 Å². The molecule has 11 heteroatoms. The number of pyridine rings is 1. The Morgan fingerprint density at radius 1 is 1.16 bits per heavy atom. The number of nitrogens with zero attached hydrogens (tertiary/aromatic N) is 3. The molecule has 0 spiro atoms. The SMILES string of the molecule is O=C(NC(N1C[C@H]2C[C@H](C1)c1cccc(=O)n1C2)C(Cl)(Cl)Cl)c1cccc([N+](=O)[O-])c1. The Balaban J connectivity index is 1.58. The van der Waals surface area contributed by atoms with Crippen molar-refractivity contribution >= 4 is 46.4 Å². The van der Waals surface area contributed by atoms with E-state index in [0.29, 0.717) is 19.6 Å². The molecule has 1 aromatic heterocycles. The molecule has 1 saturated heterocycles. The Bertz CT molecular complexity index is 1080. The second kappa shape index (κ2) is 8.43. The summed E-state index contributed by atoms with van der Waals surface area (Å²) < 4.78 is -0.0411. The summed E-state index contributed by atoms with van der Waals surface area (Å²) >= 11 is 18.7. The first-order chi connectivity index (χ1) is 14.6. The number of alkyl halides is 3. The van der Waals surface area contributed by atoms with Crippen LogP contribution in [0.2, 0.25) is 0 Å². The van der Waals surface area contributed by atoms with Crippen molar-refractivity contribution in [2.24, 2.45) is 5.92 Å². The lowest BCUT2D eigenvalue weighted by molar-refractivity contribution is -0.384. The van der Waals surface area contributed by atoms with E-state index in [9.17, 15) is 19.7 Å². The van der Waals surface area contributed by atoms with Gasteiger partial charge in [0, 0.05) is 55.0 Å². The Labute approximate surface area is 192 Å². The summed E-state index contributed by atoms with van der Waals surface area (Å²) in [7, 11) is 0. The molecule has 3 atom stereocenters. The van der Waals surface area contributed by atoms with Crippen LogP contribution in [0.4, 0.5) is 5.69 Å². The van der Waals surface area contributed by atoms with E-state index in [1.807, 2.05) is 11.0 Å². The van der Waals surface area contributed by atoms with Gasteiger partial charge in [-0.1, -0.05) is 46.9 Å². The molecule has 0 saturated carbocycles. The summed E-state index contributed by atoms with van der Waals surface area (Å²) in [4.78, 5) is 37.4.